The Kier molecular flexibility index (Phi) is 4.02. The van der Waals surface area contributed by atoms with Gasteiger partial charge in [-0.25, -0.2) is 4.79 Å². The number of amides is 1. The Morgan fingerprint density at radius 2 is 2.00 bits per heavy atom. The molecule has 21 heavy (non-hydrogen) atoms. The maximum Gasteiger partial charge on any atom is 0.408 e. The summed E-state index contributed by atoms with van der Waals surface area (Å²) in [6.45, 7) is 5.33. The van der Waals surface area contributed by atoms with Gasteiger partial charge in [-0.3, -0.25) is 0 Å². The lowest BCUT2D eigenvalue weighted by atomic mass is 10.1. The monoisotopic (exact) mass is 288 g/mol. The number of carbonyl (C=O) groups excluding carboxylic acids is 2. The topological polar surface area (TPSA) is 60.3 Å². The van der Waals surface area contributed by atoms with Gasteiger partial charge in [0, 0.05) is 29.7 Å². The Morgan fingerprint density at radius 3 is 2.62 bits per heavy atom. The third-order valence-corrected chi connectivity index (χ3v) is 3.07. The Labute approximate surface area is 123 Å². The van der Waals surface area contributed by atoms with Crippen LogP contribution in [0.5, 0.6) is 0 Å². The van der Waals surface area contributed by atoms with Crippen LogP contribution in [0, 0.1) is 0 Å². The minimum Gasteiger partial charge on any atom is -0.444 e. The SMILES string of the molecule is Cn1cc(C(C=O)NC(=O)OC(C)(C)C)c2ccccc21. The van der Waals surface area contributed by atoms with Crippen molar-refractivity contribution in [3.05, 3.63) is 36.0 Å². The molecule has 1 heterocycles. The summed E-state index contributed by atoms with van der Waals surface area (Å²) in [6.07, 6.45) is 1.96. The number of para-hydroxylation sites is 1. The average molecular weight is 288 g/mol. The number of nitrogens with one attached hydrogen (secondary N) is 1. The van der Waals surface area contributed by atoms with E-state index in [1.54, 1.807) is 20.8 Å². The third-order valence-electron chi connectivity index (χ3n) is 3.07. The first-order valence-electron chi connectivity index (χ1n) is 6.80. The Hall–Kier alpha value is -2.30. The largest absolute Gasteiger partial charge is 0.444 e. The summed E-state index contributed by atoms with van der Waals surface area (Å²) in [7, 11) is 1.90. The van der Waals surface area contributed by atoms with Gasteiger partial charge in [0.2, 0.25) is 0 Å². The van der Waals surface area contributed by atoms with Gasteiger partial charge in [-0.05, 0) is 26.8 Å². The van der Waals surface area contributed by atoms with Gasteiger partial charge in [-0.1, -0.05) is 18.2 Å². The second kappa shape index (κ2) is 5.60. The third kappa shape index (κ3) is 3.42. The van der Waals surface area contributed by atoms with Crippen LogP contribution in [0.1, 0.15) is 32.4 Å². The molecule has 1 aromatic carbocycles. The smallest absolute Gasteiger partial charge is 0.408 e. The summed E-state index contributed by atoms with van der Waals surface area (Å²) in [6, 6.07) is 7.00. The molecule has 1 unspecified atom stereocenters. The number of carbonyl (C=O) groups is 2. The molecule has 0 spiro atoms. The molecule has 1 atom stereocenters. The van der Waals surface area contributed by atoms with E-state index in [9.17, 15) is 9.59 Å². The Morgan fingerprint density at radius 1 is 1.33 bits per heavy atom. The predicted molar refractivity (Wildman–Crippen MR) is 81.1 cm³/mol. The molecule has 2 rings (SSSR count). The maximum atomic E-state index is 11.8. The Bertz CT molecular complexity index is 668. The highest BCUT2D eigenvalue weighted by atomic mass is 16.6. The van der Waals surface area contributed by atoms with E-state index in [0.29, 0.717) is 6.29 Å². The average Bonchev–Trinajstić information content (AvgIpc) is 2.72. The zero-order chi connectivity index (χ0) is 15.6. The molecule has 1 N–H and O–H groups in total. The van der Waals surface area contributed by atoms with Gasteiger partial charge in [0.15, 0.2) is 0 Å². The first-order chi connectivity index (χ1) is 9.81. The highest BCUT2D eigenvalue weighted by Gasteiger charge is 2.22. The molecule has 0 radical (unpaired) electrons. The standard InChI is InChI=1S/C16H20N2O3/c1-16(2,3)21-15(20)17-13(10-19)12-9-18(4)14-8-6-5-7-11(12)14/h5-10,13H,1-4H3,(H,17,20). The lowest BCUT2D eigenvalue weighted by molar-refractivity contribution is -0.109. The highest BCUT2D eigenvalue weighted by molar-refractivity contribution is 5.88. The van der Waals surface area contributed by atoms with E-state index in [1.807, 2.05) is 42.1 Å². The van der Waals surface area contributed by atoms with E-state index < -0.39 is 17.7 Å². The molecule has 0 aliphatic heterocycles. The number of hydrogen-bond acceptors (Lipinski definition) is 3. The van der Waals surface area contributed by atoms with Crippen LogP contribution in [0.25, 0.3) is 10.9 Å². The lowest BCUT2D eigenvalue weighted by Crippen LogP contribution is -2.35. The van der Waals surface area contributed by atoms with E-state index in [4.69, 9.17) is 4.74 Å². The van der Waals surface area contributed by atoms with Crippen LogP contribution in [0.2, 0.25) is 0 Å². The van der Waals surface area contributed by atoms with Gasteiger partial charge in [0.05, 0.1) is 0 Å². The first kappa shape index (κ1) is 15.1. The van der Waals surface area contributed by atoms with E-state index in [-0.39, 0.29) is 0 Å². The number of aryl methyl sites for hydroxylation is 1. The normalized spacial score (nSPS) is 13.0. The molecule has 0 fully saturated rings. The molecule has 0 bridgehead atoms. The molecular weight excluding hydrogens is 268 g/mol. The van der Waals surface area contributed by atoms with Crippen LogP contribution in [0.15, 0.2) is 30.5 Å². The van der Waals surface area contributed by atoms with Crippen LogP contribution in [0.3, 0.4) is 0 Å². The van der Waals surface area contributed by atoms with Gasteiger partial charge in [-0.15, -0.1) is 0 Å². The zero-order valence-electron chi connectivity index (χ0n) is 12.7. The van der Waals surface area contributed by atoms with Gasteiger partial charge in [-0.2, -0.15) is 0 Å². The molecule has 5 heteroatoms. The van der Waals surface area contributed by atoms with Crippen molar-refractivity contribution in [3.63, 3.8) is 0 Å². The lowest BCUT2D eigenvalue weighted by Gasteiger charge is -2.21. The number of ether oxygens (including phenoxy) is 1. The summed E-state index contributed by atoms with van der Waals surface area (Å²) in [5.74, 6) is 0. The summed E-state index contributed by atoms with van der Waals surface area (Å²) in [4.78, 5) is 23.2. The summed E-state index contributed by atoms with van der Waals surface area (Å²) < 4.78 is 7.12. The number of hydrogen-bond donors (Lipinski definition) is 1. The molecular formula is C16H20N2O3. The van der Waals surface area contributed by atoms with Crippen molar-refractivity contribution < 1.29 is 14.3 Å². The fraction of sp³-hybridized carbons (Fsp3) is 0.375. The number of rotatable bonds is 3. The van der Waals surface area contributed by atoms with Gasteiger partial charge >= 0.3 is 6.09 Å². The van der Waals surface area contributed by atoms with E-state index >= 15 is 0 Å². The number of nitrogens with zero attached hydrogens (tertiary/aromatic N) is 1. The number of alkyl carbamates (subject to hydrolysis) is 1. The van der Waals surface area contributed by atoms with E-state index in [0.717, 1.165) is 16.5 Å². The minimum absolute atomic E-state index is 0.601. The second-order valence-corrected chi connectivity index (χ2v) is 5.97. The van der Waals surface area contributed by atoms with Crippen LogP contribution < -0.4 is 5.32 Å². The molecule has 5 nitrogen and oxygen atoms in total. The zero-order valence-corrected chi connectivity index (χ0v) is 12.7. The van der Waals surface area contributed by atoms with Gasteiger partial charge in [0.25, 0.3) is 0 Å². The van der Waals surface area contributed by atoms with Crippen LogP contribution in [-0.4, -0.2) is 22.5 Å². The van der Waals surface area contributed by atoms with Crippen molar-refractivity contribution >= 4 is 23.3 Å². The summed E-state index contributed by atoms with van der Waals surface area (Å²) in [5.41, 5.74) is 1.16. The highest BCUT2D eigenvalue weighted by Crippen LogP contribution is 2.25. The van der Waals surface area contributed by atoms with E-state index in [1.165, 1.54) is 0 Å². The van der Waals surface area contributed by atoms with Crippen molar-refractivity contribution in [2.24, 2.45) is 7.05 Å². The van der Waals surface area contributed by atoms with Crippen LogP contribution in [0.4, 0.5) is 4.79 Å². The fourth-order valence-corrected chi connectivity index (χ4v) is 2.24. The number of aldehydes is 1. The van der Waals surface area contributed by atoms with Crippen molar-refractivity contribution in [1.29, 1.82) is 0 Å². The molecule has 0 saturated heterocycles. The van der Waals surface area contributed by atoms with Crippen molar-refractivity contribution in [2.45, 2.75) is 32.4 Å². The number of aromatic nitrogens is 1. The maximum absolute atomic E-state index is 11.8. The summed E-state index contributed by atoms with van der Waals surface area (Å²) in [5, 5.41) is 3.54. The first-order valence-corrected chi connectivity index (χ1v) is 6.80. The predicted octanol–water partition coefficient (Wildman–Crippen LogP) is 2.94. The van der Waals surface area contributed by atoms with Crippen molar-refractivity contribution in [3.8, 4) is 0 Å². The Balaban J connectivity index is 2.28. The quantitative estimate of drug-likeness (QED) is 0.883. The molecule has 0 aliphatic rings. The van der Waals surface area contributed by atoms with Gasteiger partial charge < -0.3 is 19.4 Å². The second-order valence-electron chi connectivity index (χ2n) is 5.97. The van der Waals surface area contributed by atoms with E-state index in [2.05, 4.69) is 5.32 Å². The number of fused-ring (bicyclic) bond motifs is 1. The molecule has 0 saturated carbocycles. The van der Waals surface area contributed by atoms with Crippen molar-refractivity contribution in [2.75, 3.05) is 0 Å². The van der Waals surface area contributed by atoms with Gasteiger partial charge in [0.1, 0.15) is 17.9 Å². The minimum atomic E-state index is -0.731. The van der Waals surface area contributed by atoms with Crippen LogP contribution in [-0.2, 0) is 16.6 Å². The molecule has 1 aromatic heterocycles. The van der Waals surface area contributed by atoms with Crippen LogP contribution >= 0.6 is 0 Å². The molecule has 112 valence electrons. The molecule has 2 aromatic rings. The van der Waals surface area contributed by atoms with Crippen molar-refractivity contribution in [1.82, 2.24) is 9.88 Å². The fourth-order valence-electron chi connectivity index (χ4n) is 2.24. The number of benzene rings is 1. The molecule has 0 aliphatic carbocycles. The summed E-state index contributed by atoms with van der Waals surface area (Å²) >= 11 is 0. The molecule has 1 amide bonds.